The number of hydrogen-bond acceptors (Lipinski definition) is 4. The lowest BCUT2D eigenvalue weighted by Crippen LogP contribution is -2.32. The lowest BCUT2D eigenvalue weighted by Gasteiger charge is -2.21. The SMILES string of the molecule is Nc1ccccc1OCCNC(=O)CC1CCCCO1. The summed E-state index contributed by atoms with van der Waals surface area (Å²) >= 11 is 0. The van der Waals surface area contributed by atoms with Crippen LogP contribution in [0.25, 0.3) is 0 Å². The van der Waals surface area contributed by atoms with Gasteiger partial charge in [-0.15, -0.1) is 0 Å². The summed E-state index contributed by atoms with van der Waals surface area (Å²) in [6.45, 7) is 1.65. The summed E-state index contributed by atoms with van der Waals surface area (Å²) in [5, 5.41) is 2.83. The van der Waals surface area contributed by atoms with Crippen molar-refractivity contribution >= 4 is 11.6 Å². The van der Waals surface area contributed by atoms with Gasteiger partial charge >= 0.3 is 0 Å². The lowest BCUT2D eigenvalue weighted by atomic mass is 10.1. The van der Waals surface area contributed by atoms with E-state index in [-0.39, 0.29) is 12.0 Å². The minimum Gasteiger partial charge on any atom is -0.490 e. The van der Waals surface area contributed by atoms with E-state index >= 15 is 0 Å². The third-order valence-electron chi connectivity index (χ3n) is 3.29. The predicted octanol–water partition coefficient (Wildman–Crippen LogP) is 1.72. The van der Waals surface area contributed by atoms with Crippen LogP contribution in [0.15, 0.2) is 24.3 Å². The molecule has 0 saturated carbocycles. The normalized spacial score (nSPS) is 18.5. The quantitative estimate of drug-likeness (QED) is 0.614. The second kappa shape index (κ2) is 7.75. The molecule has 1 atom stereocenters. The molecule has 1 aromatic carbocycles. The first-order valence-corrected chi connectivity index (χ1v) is 7.11. The molecule has 1 aliphatic rings. The molecular weight excluding hydrogens is 256 g/mol. The van der Waals surface area contributed by atoms with Gasteiger partial charge in [0.2, 0.25) is 5.91 Å². The molecule has 1 heterocycles. The van der Waals surface area contributed by atoms with Crippen molar-refractivity contribution in [2.75, 3.05) is 25.5 Å². The monoisotopic (exact) mass is 278 g/mol. The molecule has 20 heavy (non-hydrogen) atoms. The summed E-state index contributed by atoms with van der Waals surface area (Å²) in [5.74, 6) is 0.666. The molecule has 1 aliphatic heterocycles. The molecule has 1 aromatic rings. The van der Waals surface area contributed by atoms with Crippen molar-refractivity contribution in [3.8, 4) is 5.75 Å². The molecule has 5 heteroatoms. The smallest absolute Gasteiger partial charge is 0.222 e. The number of ether oxygens (including phenoxy) is 2. The minimum atomic E-state index is 0.0153. The Hall–Kier alpha value is -1.75. The van der Waals surface area contributed by atoms with Crippen LogP contribution in [0.2, 0.25) is 0 Å². The lowest BCUT2D eigenvalue weighted by molar-refractivity contribution is -0.124. The Morgan fingerprint density at radius 2 is 2.25 bits per heavy atom. The third-order valence-corrected chi connectivity index (χ3v) is 3.29. The van der Waals surface area contributed by atoms with E-state index in [0.29, 0.717) is 31.0 Å². The summed E-state index contributed by atoms with van der Waals surface area (Å²) in [4.78, 5) is 11.7. The zero-order valence-corrected chi connectivity index (χ0v) is 11.6. The molecule has 1 unspecified atom stereocenters. The maximum atomic E-state index is 11.7. The standard InChI is InChI=1S/C15H22N2O3/c16-13-6-1-2-7-14(13)20-10-8-17-15(18)11-12-5-3-4-9-19-12/h1-2,6-7,12H,3-5,8-11,16H2,(H,17,18). The van der Waals surface area contributed by atoms with Gasteiger partial charge in [-0.25, -0.2) is 0 Å². The Balaban J connectivity index is 1.60. The van der Waals surface area contributed by atoms with E-state index in [1.54, 1.807) is 6.07 Å². The van der Waals surface area contributed by atoms with E-state index in [4.69, 9.17) is 15.2 Å². The van der Waals surface area contributed by atoms with Gasteiger partial charge < -0.3 is 20.5 Å². The van der Waals surface area contributed by atoms with Crippen molar-refractivity contribution in [2.45, 2.75) is 31.8 Å². The number of nitrogens with one attached hydrogen (secondary N) is 1. The largest absolute Gasteiger partial charge is 0.490 e. The van der Waals surface area contributed by atoms with Gasteiger partial charge in [0.1, 0.15) is 12.4 Å². The maximum absolute atomic E-state index is 11.7. The topological polar surface area (TPSA) is 73.6 Å². The fourth-order valence-electron chi connectivity index (χ4n) is 2.21. The van der Waals surface area contributed by atoms with Crippen LogP contribution in [-0.2, 0) is 9.53 Å². The van der Waals surface area contributed by atoms with Crippen molar-refractivity contribution in [1.29, 1.82) is 0 Å². The van der Waals surface area contributed by atoms with E-state index in [1.165, 1.54) is 0 Å². The van der Waals surface area contributed by atoms with Crippen LogP contribution >= 0.6 is 0 Å². The molecule has 0 spiro atoms. The van der Waals surface area contributed by atoms with Gasteiger partial charge in [0.25, 0.3) is 0 Å². The van der Waals surface area contributed by atoms with E-state index in [2.05, 4.69) is 5.32 Å². The predicted molar refractivity (Wildman–Crippen MR) is 77.6 cm³/mol. The minimum absolute atomic E-state index is 0.0153. The second-order valence-corrected chi connectivity index (χ2v) is 4.93. The third kappa shape index (κ3) is 4.74. The fraction of sp³-hybridized carbons (Fsp3) is 0.533. The number of carbonyl (C=O) groups excluding carboxylic acids is 1. The average Bonchev–Trinajstić information content (AvgIpc) is 2.46. The van der Waals surface area contributed by atoms with Crippen LogP contribution < -0.4 is 15.8 Å². The summed E-state index contributed by atoms with van der Waals surface area (Å²) < 4.78 is 11.0. The number of para-hydroxylation sites is 2. The van der Waals surface area contributed by atoms with Gasteiger partial charge in [-0.1, -0.05) is 12.1 Å². The van der Waals surface area contributed by atoms with E-state index in [1.807, 2.05) is 18.2 Å². The fourth-order valence-corrected chi connectivity index (χ4v) is 2.21. The number of hydrogen-bond donors (Lipinski definition) is 2. The zero-order valence-electron chi connectivity index (χ0n) is 11.6. The molecule has 0 aromatic heterocycles. The number of nitrogens with two attached hydrogens (primary N) is 1. The molecule has 5 nitrogen and oxygen atoms in total. The first-order chi connectivity index (χ1) is 9.75. The summed E-state index contributed by atoms with van der Waals surface area (Å²) in [5.41, 5.74) is 6.36. The van der Waals surface area contributed by atoms with E-state index < -0.39 is 0 Å². The highest BCUT2D eigenvalue weighted by atomic mass is 16.5. The van der Waals surface area contributed by atoms with Crippen molar-refractivity contribution < 1.29 is 14.3 Å². The Labute approximate surface area is 119 Å². The molecule has 2 rings (SSSR count). The van der Waals surface area contributed by atoms with Gasteiger partial charge in [0, 0.05) is 6.61 Å². The highest BCUT2D eigenvalue weighted by Crippen LogP contribution is 2.19. The number of anilines is 1. The molecule has 1 saturated heterocycles. The molecule has 3 N–H and O–H groups in total. The van der Waals surface area contributed by atoms with Gasteiger partial charge in [0.15, 0.2) is 0 Å². The average molecular weight is 278 g/mol. The highest BCUT2D eigenvalue weighted by molar-refractivity contribution is 5.76. The number of carbonyl (C=O) groups is 1. The van der Waals surface area contributed by atoms with Crippen molar-refractivity contribution in [3.05, 3.63) is 24.3 Å². The van der Waals surface area contributed by atoms with E-state index in [0.717, 1.165) is 25.9 Å². The Kier molecular flexibility index (Phi) is 5.68. The number of rotatable bonds is 6. The van der Waals surface area contributed by atoms with Crippen LogP contribution in [0.1, 0.15) is 25.7 Å². The molecule has 0 aliphatic carbocycles. The van der Waals surface area contributed by atoms with Crippen molar-refractivity contribution in [1.82, 2.24) is 5.32 Å². The van der Waals surface area contributed by atoms with Gasteiger partial charge in [-0.05, 0) is 31.4 Å². The number of benzene rings is 1. The molecule has 1 amide bonds. The van der Waals surface area contributed by atoms with E-state index in [9.17, 15) is 4.79 Å². The van der Waals surface area contributed by atoms with Gasteiger partial charge in [0.05, 0.1) is 24.8 Å². The Morgan fingerprint density at radius 1 is 1.40 bits per heavy atom. The first kappa shape index (κ1) is 14.7. The van der Waals surface area contributed by atoms with Crippen LogP contribution in [0.3, 0.4) is 0 Å². The summed E-state index contributed by atoms with van der Waals surface area (Å²) in [6, 6.07) is 7.32. The highest BCUT2D eigenvalue weighted by Gasteiger charge is 2.17. The molecule has 0 bridgehead atoms. The summed E-state index contributed by atoms with van der Waals surface area (Å²) in [6.07, 6.45) is 3.74. The number of nitrogen functional groups attached to an aromatic ring is 1. The van der Waals surface area contributed by atoms with Crippen LogP contribution in [0.4, 0.5) is 5.69 Å². The number of amides is 1. The molecule has 1 fully saturated rings. The zero-order chi connectivity index (χ0) is 14.2. The molecule has 0 radical (unpaired) electrons. The first-order valence-electron chi connectivity index (χ1n) is 7.11. The van der Waals surface area contributed by atoms with Crippen molar-refractivity contribution in [2.24, 2.45) is 0 Å². The van der Waals surface area contributed by atoms with Crippen molar-refractivity contribution in [3.63, 3.8) is 0 Å². The second-order valence-electron chi connectivity index (χ2n) is 4.93. The Bertz CT molecular complexity index is 431. The Morgan fingerprint density at radius 3 is 3.00 bits per heavy atom. The maximum Gasteiger partial charge on any atom is 0.222 e. The van der Waals surface area contributed by atoms with Crippen LogP contribution in [-0.4, -0.2) is 31.8 Å². The molecule has 110 valence electrons. The van der Waals surface area contributed by atoms with Crippen LogP contribution in [0.5, 0.6) is 5.75 Å². The van der Waals surface area contributed by atoms with Gasteiger partial charge in [-0.3, -0.25) is 4.79 Å². The van der Waals surface area contributed by atoms with Crippen LogP contribution in [0, 0.1) is 0 Å². The molecular formula is C15H22N2O3. The summed E-state index contributed by atoms with van der Waals surface area (Å²) in [7, 11) is 0. The van der Waals surface area contributed by atoms with Gasteiger partial charge in [-0.2, -0.15) is 0 Å².